The van der Waals surface area contributed by atoms with Crippen LogP contribution in [0, 0.1) is 0 Å². The highest BCUT2D eigenvalue weighted by Gasteiger charge is 2.28. The van der Waals surface area contributed by atoms with E-state index in [2.05, 4.69) is 15.0 Å². The van der Waals surface area contributed by atoms with E-state index >= 15 is 0 Å². The molecule has 0 radical (unpaired) electrons. The Labute approximate surface area is 167 Å². The number of pyridine rings is 1. The molecule has 1 aliphatic rings. The quantitative estimate of drug-likeness (QED) is 0.682. The summed E-state index contributed by atoms with van der Waals surface area (Å²) in [6, 6.07) is 12.3. The first-order valence-electron chi connectivity index (χ1n) is 8.91. The summed E-state index contributed by atoms with van der Waals surface area (Å²) in [4.78, 5) is 28.6. The van der Waals surface area contributed by atoms with Gasteiger partial charge in [-0.25, -0.2) is 13.1 Å². The van der Waals surface area contributed by atoms with Crippen LogP contribution in [0.2, 0.25) is 0 Å². The maximum absolute atomic E-state index is 12.7. The maximum atomic E-state index is 12.7. The van der Waals surface area contributed by atoms with Gasteiger partial charge in [0.15, 0.2) is 6.10 Å². The van der Waals surface area contributed by atoms with Crippen molar-refractivity contribution in [2.75, 3.05) is 5.32 Å². The van der Waals surface area contributed by atoms with Gasteiger partial charge in [0, 0.05) is 17.1 Å². The monoisotopic (exact) mass is 411 g/mol. The zero-order valence-corrected chi connectivity index (χ0v) is 16.2. The number of aromatic nitrogens is 1. The molecular formula is C20H17N3O5S. The van der Waals surface area contributed by atoms with Gasteiger partial charge in [0.1, 0.15) is 5.75 Å². The van der Waals surface area contributed by atoms with Crippen molar-refractivity contribution in [3.05, 3.63) is 60.3 Å². The normalized spacial score (nSPS) is 15.9. The molecule has 1 aromatic heterocycles. The van der Waals surface area contributed by atoms with Crippen molar-refractivity contribution >= 4 is 38.4 Å². The Bertz CT molecular complexity index is 1230. The number of hydrogen-bond donors (Lipinski definition) is 2. The standard InChI is InChI=1S/C20H17N3O5S/c1-2-17-20(25)22-16-11-12(8-9-18(16)28-17)29(26,27)23-19(24)14-5-3-7-15-13(14)6-4-10-21-15/h3-11,17H,2H2,1H3,(H,22,25)(H,23,24)/t17-/m0/s1. The molecule has 0 fully saturated rings. The number of carbonyl (C=O) groups excluding carboxylic acids is 2. The van der Waals surface area contributed by atoms with Gasteiger partial charge < -0.3 is 10.1 Å². The number of fused-ring (bicyclic) bond motifs is 2. The third kappa shape index (κ3) is 3.52. The summed E-state index contributed by atoms with van der Waals surface area (Å²) >= 11 is 0. The molecule has 0 saturated heterocycles. The number of anilines is 1. The number of amides is 2. The summed E-state index contributed by atoms with van der Waals surface area (Å²) in [6.07, 6.45) is 1.46. The van der Waals surface area contributed by atoms with Crippen molar-refractivity contribution in [1.29, 1.82) is 0 Å². The third-order valence-corrected chi connectivity index (χ3v) is 5.90. The first kappa shape index (κ1) is 18.9. The largest absolute Gasteiger partial charge is 0.478 e. The second kappa shape index (κ2) is 7.17. The number of nitrogens with zero attached hydrogens (tertiary/aromatic N) is 1. The lowest BCUT2D eigenvalue weighted by Crippen LogP contribution is -2.36. The van der Waals surface area contributed by atoms with Crippen molar-refractivity contribution < 1.29 is 22.7 Å². The van der Waals surface area contributed by atoms with E-state index in [1.807, 2.05) is 6.92 Å². The van der Waals surface area contributed by atoms with E-state index in [0.29, 0.717) is 23.1 Å². The Morgan fingerprint density at radius 3 is 2.83 bits per heavy atom. The fourth-order valence-electron chi connectivity index (χ4n) is 3.10. The van der Waals surface area contributed by atoms with E-state index in [0.717, 1.165) is 0 Å². The lowest BCUT2D eigenvalue weighted by Gasteiger charge is -2.25. The lowest BCUT2D eigenvalue weighted by molar-refractivity contribution is -0.123. The maximum Gasteiger partial charge on any atom is 0.265 e. The molecule has 148 valence electrons. The Kier molecular flexibility index (Phi) is 4.67. The predicted molar refractivity (Wildman–Crippen MR) is 106 cm³/mol. The molecule has 29 heavy (non-hydrogen) atoms. The highest BCUT2D eigenvalue weighted by atomic mass is 32.2. The zero-order chi connectivity index (χ0) is 20.6. The molecule has 1 atom stereocenters. The average Bonchev–Trinajstić information content (AvgIpc) is 2.72. The minimum absolute atomic E-state index is 0.165. The molecule has 4 rings (SSSR count). The third-order valence-electron chi connectivity index (χ3n) is 4.57. The SMILES string of the molecule is CC[C@@H]1Oc2ccc(S(=O)(=O)NC(=O)c3cccc4ncccc34)cc2NC1=O. The smallest absolute Gasteiger partial charge is 0.265 e. The van der Waals surface area contributed by atoms with Gasteiger partial charge in [0.2, 0.25) is 0 Å². The minimum atomic E-state index is -4.17. The Morgan fingerprint density at radius 1 is 1.21 bits per heavy atom. The molecular weight excluding hydrogens is 394 g/mol. The molecule has 0 unspecified atom stereocenters. The van der Waals surface area contributed by atoms with Crippen LogP contribution in [0.25, 0.3) is 10.9 Å². The zero-order valence-electron chi connectivity index (χ0n) is 15.4. The molecule has 1 aliphatic heterocycles. The van der Waals surface area contributed by atoms with E-state index in [1.165, 1.54) is 24.3 Å². The van der Waals surface area contributed by atoms with Gasteiger partial charge >= 0.3 is 0 Å². The van der Waals surface area contributed by atoms with Crippen LogP contribution in [0.4, 0.5) is 5.69 Å². The van der Waals surface area contributed by atoms with E-state index in [4.69, 9.17) is 4.74 Å². The van der Waals surface area contributed by atoms with Crippen LogP contribution >= 0.6 is 0 Å². The molecule has 2 aromatic carbocycles. The van der Waals surface area contributed by atoms with Crippen molar-refractivity contribution in [3.8, 4) is 5.75 Å². The summed E-state index contributed by atoms with van der Waals surface area (Å²) in [6.45, 7) is 1.81. The van der Waals surface area contributed by atoms with Gasteiger partial charge in [-0.3, -0.25) is 14.6 Å². The van der Waals surface area contributed by atoms with Gasteiger partial charge in [-0.2, -0.15) is 0 Å². The number of sulfonamides is 1. The Balaban J connectivity index is 1.63. The lowest BCUT2D eigenvalue weighted by atomic mass is 10.1. The van der Waals surface area contributed by atoms with E-state index < -0.39 is 22.0 Å². The molecule has 0 saturated carbocycles. The summed E-state index contributed by atoms with van der Waals surface area (Å²) in [5.41, 5.74) is 1.01. The molecule has 0 aliphatic carbocycles. The molecule has 9 heteroatoms. The average molecular weight is 411 g/mol. The number of ether oxygens (including phenoxy) is 1. The summed E-state index contributed by atoms with van der Waals surface area (Å²) in [5, 5.41) is 3.17. The molecule has 8 nitrogen and oxygen atoms in total. The number of nitrogens with one attached hydrogen (secondary N) is 2. The first-order chi connectivity index (χ1) is 13.9. The molecule has 2 heterocycles. The number of hydrogen-bond acceptors (Lipinski definition) is 6. The molecule has 0 bridgehead atoms. The van der Waals surface area contributed by atoms with Gasteiger partial charge in [0.25, 0.3) is 21.8 Å². The fourth-order valence-corrected chi connectivity index (χ4v) is 4.09. The first-order valence-corrected chi connectivity index (χ1v) is 10.4. The van der Waals surface area contributed by atoms with Crippen molar-refractivity contribution in [2.24, 2.45) is 0 Å². The van der Waals surface area contributed by atoms with Crippen LogP contribution in [-0.2, 0) is 14.8 Å². The second-order valence-electron chi connectivity index (χ2n) is 6.47. The second-order valence-corrected chi connectivity index (χ2v) is 8.15. The molecule has 0 spiro atoms. The van der Waals surface area contributed by atoms with Crippen LogP contribution in [0.15, 0.2) is 59.6 Å². The van der Waals surface area contributed by atoms with Crippen LogP contribution in [0.1, 0.15) is 23.7 Å². The van der Waals surface area contributed by atoms with Crippen LogP contribution in [0.5, 0.6) is 5.75 Å². The van der Waals surface area contributed by atoms with Gasteiger partial charge in [0.05, 0.1) is 16.1 Å². The van der Waals surface area contributed by atoms with Gasteiger partial charge in [-0.05, 0) is 42.8 Å². The predicted octanol–water partition coefficient (Wildman–Crippen LogP) is 2.46. The van der Waals surface area contributed by atoms with Crippen LogP contribution < -0.4 is 14.8 Å². The van der Waals surface area contributed by atoms with Crippen molar-refractivity contribution in [1.82, 2.24) is 9.71 Å². The minimum Gasteiger partial charge on any atom is -0.478 e. The summed E-state index contributed by atoms with van der Waals surface area (Å²) in [5.74, 6) is -0.739. The van der Waals surface area contributed by atoms with E-state index in [1.54, 1.807) is 30.5 Å². The Hall–Kier alpha value is -3.46. The van der Waals surface area contributed by atoms with Gasteiger partial charge in [-0.1, -0.05) is 19.1 Å². The van der Waals surface area contributed by atoms with Crippen molar-refractivity contribution in [3.63, 3.8) is 0 Å². The van der Waals surface area contributed by atoms with Crippen LogP contribution in [0.3, 0.4) is 0 Å². The van der Waals surface area contributed by atoms with Gasteiger partial charge in [-0.15, -0.1) is 0 Å². The van der Waals surface area contributed by atoms with Crippen molar-refractivity contribution in [2.45, 2.75) is 24.3 Å². The summed E-state index contributed by atoms with van der Waals surface area (Å²) in [7, 11) is -4.17. The number of benzene rings is 2. The van der Waals surface area contributed by atoms with Crippen LogP contribution in [-0.4, -0.2) is 31.3 Å². The molecule has 2 N–H and O–H groups in total. The van der Waals surface area contributed by atoms with E-state index in [-0.39, 0.29) is 22.1 Å². The molecule has 2 amide bonds. The number of rotatable bonds is 4. The summed E-state index contributed by atoms with van der Waals surface area (Å²) < 4.78 is 33.1. The Morgan fingerprint density at radius 2 is 2.03 bits per heavy atom. The number of carbonyl (C=O) groups is 2. The van der Waals surface area contributed by atoms with E-state index in [9.17, 15) is 18.0 Å². The fraction of sp³-hybridized carbons (Fsp3) is 0.150. The highest BCUT2D eigenvalue weighted by Crippen LogP contribution is 2.32. The molecule has 3 aromatic rings. The highest BCUT2D eigenvalue weighted by molar-refractivity contribution is 7.90. The topological polar surface area (TPSA) is 114 Å².